The number of carbonyl (C=O) groups excluding carboxylic acids is 3. The number of amides is 3. The molecule has 2 heterocycles. The summed E-state index contributed by atoms with van der Waals surface area (Å²) in [6, 6.07) is 8.29. The minimum atomic E-state index is -1.69. The molecule has 1 aromatic rings. The number of nitrogens with zero attached hydrogens (tertiary/aromatic N) is 1. The number of benzene rings is 1. The van der Waals surface area contributed by atoms with Crippen LogP contribution in [0.5, 0.6) is 0 Å². The van der Waals surface area contributed by atoms with E-state index in [0.29, 0.717) is 5.56 Å². The molecule has 29 heavy (non-hydrogen) atoms. The Balaban J connectivity index is 1.85. The molecule has 3 amide bonds. The van der Waals surface area contributed by atoms with E-state index < -0.39 is 35.0 Å². The number of carbonyl (C=O) groups is 4. The molecular formula is C18H19N3O7S. The Morgan fingerprint density at radius 2 is 2.00 bits per heavy atom. The molecule has 2 aliphatic rings. The maximum atomic E-state index is 12.9. The summed E-state index contributed by atoms with van der Waals surface area (Å²) in [6.45, 7) is -0.277. The first-order chi connectivity index (χ1) is 13.9. The average Bonchev–Trinajstić information content (AvgIpc) is 2.74. The molecule has 1 aromatic carbocycles. The number of methoxy groups -OCH3 is 1. The molecule has 1 fully saturated rings. The van der Waals surface area contributed by atoms with Crippen molar-refractivity contribution < 1.29 is 33.8 Å². The highest BCUT2D eigenvalue weighted by Crippen LogP contribution is 2.46. The summed E-state index contributed by atoms with van der Waals surface area (Å²) in [5.41, 5.74) is -1.35. The number of aliphatic carboxylic acids is 1. The van der Waals surface area contributed by atoms with Crippen molar-refractivity contribution >= 4 is 35.6 Å². The Labute approximate surface area is 170 Å². The minimum Gasteiger partial charge on any atom is -0.477 e. The lowest BCUT2D eigenvalue weighted by Crippen LogP contribution is -2.80. The van der Waals surface area contributed by atoms with E-state index in [9.17, 15) is 24.3 Å². The van der Waals surface area contributed by atoms with Crippen LogP contribution in [0.3, 0.4) is 0 Å². The Morgan fingerprint density at radius 1 is 1.31 bits per heavy atom. The molecule has 0 saturated carbocycles. The van der Waals surface area contributed by atoms with Crippen molar-refractivity contribution in [2.75, 3.05) is 26.5 Å². The monoisotopic (exact) mass is 421 g/mol. The number of rotatable bonds is 6. The molecule has 1 unspecified atom stereocenters. The lowest BCUT2D eigenvalue weighted by Gasteiger charge is -2.55. The third-order valence-electron chi connectivity index (χ3n) is 4.55. The van der Waals surface area contributed by atoms with Crippen LogP contribution in [0.25, 0.3) is 0 Å². The molecule has 2 aliphatic heterocycles. The molecule has 0 aromatic heterocycles. The van der Waals surface area contributed by atoms with Gasteiger partial charge >= 0.3 is 12.1 Å². The maximum Gasteiger partial charge on any atom is 0.407 e. The van der Waals surface area contributed by atoms with Gasteiger partial charge in [0.15, 0.2) is 0 Å². The van der Waals surface area contributed by atoms with Gasteiger partial charge in [0.25, 0.3) is 17.5 Å². The topological polar surface area (TPSA) is 134 Å². The van der Waals surface area contributed by atoms with Crippen LogP contribution in [-0.2, 0) is 19.1 Å². The quantitative estimate of drug-likeness (QED) is 0.443. The number of alkyl carbamates (subject to hydrolysis) is 1. The lowest BCUT2D eigenvalue weighted by molar-refractivity contribution is -0.188. The minimum absolute atomic E-state index is 0.180. The van der Waals surface area contributed by atoms with Gasteiger partial charge in [0.1, 0.15) is 17.7 Å². The van der Waals surface area contributed by atoms with Gasteiger partial charge in [0.05, 0.1) is 0 Å². The van der Waals surface area contributed by atoms with Gasteiger partial charge in [0.2, 0.25) is 0 Å². The van der Waals surface area contributed by atoms with Crippen LogP contribution in [-0.4, -0.2) is 71.5 Å². The van der Waals surface area contributed by atoms with Crippen LogP contribution in [0.15, 0.2) is 41.6 Å². The van der Waals surface area contributed by atoms with Gasteiger partial charge in [-0.2, -0.15) is 0 Å². The summed E-state index contributed by atoms with van der Waals surface area (Å²) in [4.78, 5) is 49.6. The maximum absolute atomic E-state index is 12.9. The second-order valence-electron chi connectivity index (χ2n) is 6.18. The third-order valence-corrected chi connectivity index (χ3v) is 5.93. The van der Waals surface area contributed by atoms with Crippen molar-refractivity contribution in [1.29, 1.82) is 0 Å². The van der Waals surface area contributed by atoms with Crippen LogP contribution in [0.1, 0.15) is 10.4 Å². The largest absolute Gasteiger partial charge is 0.477 e. The normalized spacial score (nSPS) is 23.0. The molecule has 2 atom stereocenters. The molecule has 3 N–H and O–H groups in total. The van der Waals surface area contributed by atoms with E-state index in [-0.39, 0.29) is 23.6 Å². The van der Waals surface area contributed by atoms with Gasteiger partial charge in [-0.25, -0.2) is 9.59 Å². The van der Waals surface area contributed by atoms with Crippen LogP contribution in [0.4, 0.5) is 4.79 Å². The molecular weight excluding hydrogens is 402 g/mol. The fourth-order valence-corrected chi connectivity index (χ4v) is 4.53. The van der Waals surface area contributed by atoms with Crippen molar-refractivity contribution in [1.82, 2.24) is 15.5 Å². The van der Waals surface area contributed by atoms with Gasteiger partial charge in [-0.1, -0.05) is 18.2 Å². The zero-order valence-electron chi connectivity index (χ0n) is 15.6. The summed E-state index contributed by atoms with van der Waals surface area (Å²) in [6.07, 6.45) is -0.717. The number of hydrogen-bond acceptors (Lipinski definition) is 7. The van der Waals surface area contributed by atoms with Gasteiger partial charge in [-0.05, 0) is 12.1 Å². The molecule has 1 saturated heterocycles. The number of fused-ring (bicyclic) bond motifs is 1. The van der Waals surface area contributed by atoms with Crippen LogP contribution in [0.2, 0.25) is 0 Å². The predicted octanol–water partition coefficient (Wildman–Crippen LogP) is 0.369. The SMILES string of the molecule is CNC(=O)OCC1=C(C(=O)O)N2C(=O)C(NC(=O)c3ccccc3)(OC)[C@H]2SC1. The van der Waals surface area contributed by atoms with Crippen molar-refractivity contribution in [3.05, 3.63) is 47.2 Å². The molecule has 0 bridgehead atoms. The summed E-state index contributed by atoms with van der Waals surface area (Å²) in [7, 11) is 2.65. The first-order valence-corrected chi connectivity index (χ1v) is 9.58. The van der Waals surface area contributed by atoms with Crippen molar-refractivity contribution in [3.63, 3.8) is 0 Å². The third kappa shape index (κ3) is 3.54. The van der Waals surface area contributed by atoms with E-state index in [4.69, 9.17) is 9.47 Å². The zero-order chi connectivity index (χ0) is 21.2. The molecule has 10 nitrogen and oxygen atoms in total. The van der Waals surface area contributed by atoms with Crippen LogP contribution >= 0.6 is 11.8 Å². The summed E-state index contributed by atoms with van der Waals surface area (Å²) in [5.74, 6) is -2.38. The first-order valence-electron chi connectivity index (χ1n) is 8.53. The second-order valence-corrected chi connectivity index (χ2v) is 7.25. The van der Waals surface area contributed by atoms with E-state index in [1.54, 1.807) is 30.3 Å². The van der Waals surface area contributed by atoms with E-state index in [1.165, 1.54) is 25.9 Å². The van der Waals surface area contributed by atoms with Crippen molar-refractivity contribution in [2.45, 2.75) is 11.1 Å². The Bertz CT molecular complexity index is 889. The number of carboxylic acids is 1. The van der Waals surface area contributed by atoms with E-state index in [1.807, 2.05) is 0 Å². The molecule has 11 heteroatoms. The van der Waals surface area contributed by atoms with Gasteiger partial charge in [-0.15, -0.1) is 11.8 Å². The number of hydrogen-bond donors (Lipinski definition) is 3. The van der Waals surface area contributed by atoms with Gasteiger partial charge < -0.3 is 25.2 Å². The smallest absolute Gasteiger partial charge is 0.407 e. The molecule has 3 rings (SSSR count). The number of carboxylic acid groups (broad SMARTS) is 1. The standard InChI is InChI=1S/C18H19N3O7S/c1-19-17(26)28-8-11-9-29-16-18(27-2,15(25)21(16)12(11)14(23)24)20-13(22)10-6-4-3-5-7-10/h3-7,16H,8-9H2,1-2H3,(H,19,26)(H,20,22)(H,23,24)/t16-,18?/m1/s1. The first kappa shape index (κ1) is 20.7. The molecule has 0 aliphatic carbocycles. The van der Waals surface area contributed by atoms with Gasteiger partial charge in [0, 0.05) is 31.0 Å². The number of thioether (sulfide) groups is 1. The fraction of sp³-hybridized carbons (Fsp3) is 0.333. The summed E-state index contributed by atoms with van der Waals surface area (Å²) in [5, 5.41) is 13.7. The summed E-state index contributed by atoms with van der Waals surface area (Å²) >= 11 is 1.21. The highest BCUT2D eigenvalue weighted by molar-refractivity contribution is 8.00. The Morgan fingerprint density at radius 3 is 2.59 bits per heavy atom. The zero-order valence-corrected chi connectivity index (χ0v) is 16.4. The van der Waals surface area contributed by atoms with Crippen molar-refractivity contribution in [3.8, 4) is 0 Å². The highest BCUT2D eigenvalue weighted by atomic mass is 32.2. The van der Waals surface area contributed by atoms with Gasteiger partial charge in [-0.3, -0.25) is 14.5 Å². The van der Waals surface area contributed by atoms with E-state index >= 15 is 0 Å². The second kappa shape index (κ2) is 8.13. The average molecular weight is 421 g/mol. The van der Waals surface area contributed by atoms with E-state index in [0.717, 1.165) is 4.90 Å². The number of ether oxygens (including phenoxy) is 2. The Kier molecular flexibility index (Phi) is 5.80. The predicted molar refractivity (Wildman–Crippen MR) is 102 cm³/mol. The Hall–Kier alpha value is -3.05. The molecule has 0 spiro atoms. The summed E-state index contributed by atoms with van der Waals surface area (Å²) < 4.78 is 10.3. The van der Waals surface area contributed by atoms with E-state index in [2.05, 4.69) is 10.6 Å². The number of β-lactam (4-membered cyclic amide) rings is 1. The van der Waals surface area contributed by atoms with Crippen molar-refractivity contribution in [2.24, 2.45) is 0 Å². The van der Waals surface area contributed by atoms with Crippen LogP contribution < -0.4 is 10.6 Å². The fourth-order valence-electron chi connectivity index (χ4n) is 3.11. The highest BCUT2D eigenvalue weighted by Gasteiger charge is 2.66. The van der Waals surface area contributed by atoms with Crippen LogP contribution in [0, 0.1) is 0 Å². The lowest BCUT2D eigenvalue weighted by atomic mass is 9.97. The molecule has 0 radical (unpaired) electrons. The molecule has 154 valence electrons. The number of nitrogens with one attached hydrogen (secondary N) is 2.